The van der Waals surface area contributed by atoms with E-state index in [0.717, 1.165) is 24.2 Å². The van der Waals surface area contributed by atoms with Crippen LogP contribution in [0.2, 0.25) is 0 Å². The van der Waals surface area contributed by atoms with E-state index < -0.39 is 0 Å². The normalized spacial score (nSPS) is 13.7. The Morgan fingerprint density at radius 2 is 2.11 bits per heavy atom. The molecule has 1 rings (SSSR count). The van der Waals surface area contributed by atoms with E-state index in [1.165, 1.54) is 0 Å². The second kappa shape index (κ2) is 7.14. The predicted molar refractivity (Wildman–Crippen MR) is 80.1 cm³/mol. The molecule has 0 radical (unpaired) electrons. The number of urea groups is 1. The molecule has 106 valence electrons. The highest BCUT2D eigenvalue weighted by Gasteiger charge is 2.11. The lowest BCUT2D eigenvalue weighted by molar-refractivity contribution is 0.215. The molecule has 2 atom stereocenters. The summed E-state index contributed by atoms with van der Waals surface area (Å²) in [6.07, 6.45) is 1.07. The Balaban J connectivity index is 2.63. The van der Waals surface area contributed by atoms with Crippen LogP contribution in [-0.2, 0) is 0 Å². The zero-order valence-electron chi connectivity index (χ0n) is 12.3. The number of hydrogen-bond acceptors (Lipinski definition) is 2. The third-order valence-corrected chi connectivity index (χ3v) is 3.29. The van der Waals surface area contributed by atoms with E-state index in [1.54, 1.807) is 4.90 Å². The molecule has 0 fully saturated rings. The number of benzene rings is 1. The molecule has 0 aromatic heterocycles. The van der Waals surface area contributed by atoms with Crippen molar-refractivity contribution in [1.29, 1.82) is 0 Å². The molecule has 0 aliphatic carbocycles. The monoisotopic (exact) mass is 263 g/mol. The van der Waals surface area contributed by atoms with Gasteiger partial charge in [-0.25, -0.2) is 4.79 Å². The van der Waals surface area contributed by atoms with Crippen LogP contribution in [0, 0.1) is 5.92 Å². The van der Waals surface area contributed by atoms with E-state index >= 15 is 0 Å². The first-order chi connectivity index (χ1) is 8.93. The summed E-state index contributed by atoms with van der Waals surface area (Å²) in [5, 5.41) is 2.90. The van der Waals surface area contributed by atoms with Gasteiger partial charge in [-0.05, 0) is 30.5 Å². The number of hydrogen-bond donors (Lipinski definition) is 2. The summed E-state index contributed by atoms with van der Waals surface area (Å²) >= 11 is 0. The van der Waals surface area contributed by atoms with Crippen molar-refractivity contribution in [1.82, 2.24) is 4.90 Å². The van der Waals surface area contributed by atoms with Crippen LogP contribution >= 0.6 is 0 Å². The van der Waals surface area contributed by atoms with Gasteiger partial charge in [0.25, 0.3) is 0 Å². The summed E-state index contributed by atoms with van der Waals surface area (Å²) in [6.45, 7) is 6.95. The molecular weight excluding hydrogens is 238 g/mol. The Morgan fingerprint density at radius 1 is 1.42 bits per heavy atom. The molecule has 4 heteroatoms. The Bertz CT molecular complexity index is 418. The molecule has 0 bridgehead atoms. The first-order valence-corrected chi connectivity index (χ1v) is 6.81. The quantitative estimate of drug-likeness (QED) is 0.857. The summed E-state index contributed by atoms with van der Waals surface area (Å²) < 4.78 is 0. The van der Waals surface area contributed by atoms with E-state index in [-0.39, 0.29) is 12.1 Å². The molecule has 19 heavy (non-hydrogen) atoms. The fraction of sp³-hybridized carbons (Fsp3) is 0.533. The number of nitrogens with zero attached hydrogens (tertiary/aromatic N) is 1. The fourth-order valence-corrected chi connectivity index (χ4v) is 1.80. The second-order valence-corrected chi connectivity index (χ2v) is 5.24. The number of amides is 2. The number of anilines is 1. The van der Waals surface area contributed by atoms with Crippen molar-refractivity contribution in [2.24, 2.45) is 11.7 Å². The highest BCUT2D eigenvalue weighted by Crippen LogP contribution is 2.16. The molecule has 1 aromatic rings. The van der Waals surface area contributed by atoms with Crippen LogP contribution in [0.5, 0.6) is 0 Å². The van der Waals surface area contributed by atoms with Crippen molar-refractivity contribution in [2.45, 2.75) is 33.2 Å². The van der Waals surface area contributed by atoms with Crippen molar-refractivity contribution in [3.63, 3.8) is 0 Å². The van der Waals surface area contributed by atoms with Crippen LogP contribution in [0.1, 0.15) is 38.8 Å². The zero-order chi connectivity index (χ0) is 14.4. The Morgan fingerprint density at radius 3 is 2.68 bits per heavy atom. The van der Waals surface area contributed by atoms with Crippen molar-refractivity contribution in [3.8, 4) is 0 Å². The number of nitrogens with one attached hydrogen (secondary N) is 1. The van der Waals surface area contributed by atoms with Crippen molar-refractivity contribution in [2.75, 3.05) is 18.9 Å². The number of carbonyl (C=O) groups excluding carboxylic acids is 1. The van der Waals surface area contributed by atoms with Crippen molar-refractivity contribution in [3.05, 3.63) is 29.8 Å². The maximum atomic E-state index is 12.0. The highest BCUT2D eigenvalue weighted by atomic mass is 16.2. The smallest absolute Gasteiger partial charge is 0.321 e. The van der Waals surface area contributed by atoms with Crippen LogP contribution < -0.4 is 11.1 Å². The Kier molecular flexibility index (Phi) is 5.83. The molecular formula is C15H25N3O. The molecule has 0 spiro atoms. The number of nitrogens with two attached hydrogens (primary N) is 1. The summed E-state index contributed by atoms with van der Waals surface area (Å²) in [5.41, 5.74) is 7.64. The van der Waals surface area contributed by atoms with Crippen LogP contribution in [0.3, 0.4) is 0 Å². The Labute approximate surface area is 116 Å². The maximum Gasteiger partial charge on any atom is 0.321 e. The summed E-state index contributed by atoms with van der Waals surface area (Å²) in [7, 11) is 1.82. The first-order valence-electron chi connectivity index (χ1n) is 6.81. The molecule has 0 aliphatic heterocycles. The van der Waals surface area contributed by atoms with Crippen LogP contribution in [0.25, 0.3) is 0 Å². The van der Waals surface area contributed by atoms with E-state index in [9.17, 15) is 4.79 Å². The molecule has 0 saturated carbocycles. The van der Waals surface area contributed by atoms with Gasteiger partial charge in [-0.15, -0.1) is 0 Å². The van der Waals surface area contributed by atoms with E-state index in [0.29, 0.717) is 5.92 Å². The average molecular weight is 263 g/mol. The summed E-state index contributed by atoms with van der Waals surface area (Å²) in [6, 6.07) is 7.55. The summed E-state index contributed by atoms with van der Waals surface area (Å²) in [5.74, 6) is 0.506. The minimum Gasteiger partial charge on any atom is -0.327 e. The maximum absolute atomic E-state index is 12.0. The van der Waals surface area contributed by atoms with Gasteiger partial charge >= 0.3 is 6.03 Å². The number of carbonyl (C=O) groups is 1. The summed E-state index contributed by atoms with van der Waals surface area (Å²) in [4.78, 5) is 13.7. The van der Waals surface area contributed by atoms with Gasteiger partial charge in [-0.1, -0.05) is 32.4 Å². The predicted octanol–water partition coefficient (Wildman–Crippen LogP) is 3.22. The first kappa shape index (κ1) is 15.5. The van der Waals surface area contributed by atoms with Crippen molar-refractivity contribution < 1.29 is 4.79 Å². The third-order valence-electron chi connectivity index (χ3n) is 3.29. The van der Waals surface area contributed by atoms with Gasteiger partial charge < -0.3 is 16.0 Å². The van der Waals surface area contributed by atoms with E-state index in [1.807, 2.05) is 38.2 Å². The highest BCUT2D eigenvalue weighted by molar-refractivity contribution is 5.89. The molecule has 1 aromatic carbocycles. The topological polar surface area (TPSA) is 58.4 Å². The van der Waals surface area contributed by atoms with Gasteiger partial charge in [0.1, 0.15) is 0 Å². The van der Waals surface area contributed by atoms with Crippen molar-refractivity contribution >= 4 is 11.7 Å². The fourth-order valence-electron chi connectivity index (χ4n) is 1.80. The second-order valence-electron chi connectivity index (χ2n) is 5.24. The van der Waals surface area contributed by atoms with Crippen LogP contribution in [0.15, 0.2) is 24.3 Å². The van der Waals surface area contributed by atoms with Gasteiger partial charge in [0.15, 0.2) is 0 Å². The lowest BCUT2D eigenvalue weighted by atomic mass is 10.1. The van der Waals surface area contributed by atoms with Gasteiger partial charge in [0.05, 0.1) is 0 Å². The molecule has 2 amide bonds. The Hall–Kier alpha value is -1.55. The third kappa shape index (κ3) is 4.91. The zero-order valence-corrected chi connectivity index (χ0v) is 12.3. The van der Waals surface area contributed by atoms with Gasteiger partial charge in [-0.2, -0.15) is 0 Å². The molecule has 2 unspecified atom stereocenters. The lowest BCUT2D eigenvalue weighted by Crippen LogP contribution is -2.34. The number of rotatable bonds is 5. The standard InChI is InChI=1S/C15H25N3O/c1-5-11(2)10-18(4)15(19)17-14-8-6-7-13(9-14)12(3)16/h6-9,11-12H,5,10,16H2,1-4H3,(H,17,19). The van der Waals surface area contributed by atoms with Gasteiger partial charge in [0.2, 0.25) is 0 Å². The molecule has 0 heterocycles. The molecule has 4 nitrogen and oxygen atoms in total. The minimum absolute atomic E-state index is 0.0327. The van der Waals surface area contributed by atoms with Gasteiger partial charge in [0, 0.05) is 25.3 Å². The minimum atomic E-state index is -0.0814. The van der Waals surface area contributed by atoms with Crippen LogP contribution in [0.4, 0.5) is 10.5 Å². The molecule has 3 N–H and O–H groups in total. The van der Waals surface area contributed by atoms with Crippen LogP contribution in [-0.4, -0.2) is 24.5 Å². The largest absolute Gasteiger partial charge is 0.327 e. The average Bonchev–Trinajstić information content (AvgIpc) is 2.38. The van der Waals surface area contributed by atoms with Gasteiger partial charge in [-0.3, -0.25) is 0 Å². The van der Waals surface area contributed by atoms with E-state index in [4.69, 9.17) is 5.73 Å². The SMILES string of the molecule is CCC(C)CN(C)C(=O)Nc1cccc(C(C)N)c1. The molecule has 0 saturated heterocycles. The lowest BCUT2D eigenvalue weighted by Gasteiger charge is -2.21. The molecule has 0 aliphatic rings. The van der Waals surface area contributed by atoms with E-state index in [2.05, 4.69) is 19.2 Å².